The minimum Gasteiger partial charge on any atom is -0.481 e. The van der Waals surface area contributed by atoms with E-state index in [-0.39, 0.29) is 24.9 Å². The molecule has 0 saturated carbocycles. The molecule has 0 fully saturated rings. The lowest BCUT2D eigenvalue weighted by Gasteiger charge is -2.12. The summed E-state index contributed by atoms with van der Waals surface area (Å²) < 4.78 is 4.38. The maximum Gasteiger partial charge on any atom is 0.331 e. The number of aliphatic carboxylic acids is 2. The van der Waals surface area contributed by atoms with Gasteiger partial charge in [0.05, 0.1) is 6.42 Å². The Labute approximate surface area is 184 Å². The van der Waals surface area contributed by atoms with E-state index >= 15 is 0 Å². The van der Waals surface area contributed by atoms with Gasteiger partial charge in [-0.05, 0) is 25.7 Å². The fourth-order valence-corrected chi connectivity index (χ4v) is 1.80. The Morgan fingerprint density at radius 2 is 1.12 bits per heavy atom. The summed E-state index contributed by atoms with van der Waals surface area (Å²) in [5.74, 6) is -4.43. The summed E-state index contributed by atoms with van der Waals surface area (Å²) in [6, 6.07) is -3.27. The third-order valence-electron chi connectivity index (χ3n) is 3.45. The molecule has 0 aromatic heterocycles. The fourth-order valence-electron chi connectivity index (χ4n) is 1.80. The van der Waals surface area contributed by atoms with Crippen molar-refractivity contribution < 1.29 is 34.1 Å². The van der Waals surface area contributed by atoms with E-state index in [0.717, 1.165) is 0 Å². The summed E-state index contributed by atoms with van der Waals surface area (Å²) in [7, 11) is 0. The molecule has 0 amide bonds. The zero-order chi connectivity index (χ0) is 25.3. The van der Waals surface area contributed by atoms with Gasteiger partial charge in [-0.1, -0.05) is 0 Å². The lowest BCUT2D eigenvalue weighted by atomic mass is 10.1. The zero-order valence-corrected chi connectivity index (χ0v) is 17.6. The maximum atomic E-state index is 11.4. The Kier molecular flexibility index (Phi) is 16.5. The molecule has 184 valence electrons. The first-order valence-corrected chi connectivity index (χ1v) is 9.35. The molecule has 0 aliphatic rings. The van der Waals surface area contributed by atoms with Crippen molar-refractivity contribution in [2.45, 2.75) is 50.2 Å². The molecule has 3 atom stereocenters. The van der Waals surface area contributed by atoms with Gasteiger partial charge >= 0.3 is 23.9 Å². The highest BCUT2D eigenvalue weighted by Gasteiger charge is 2.24. The molecular formula is C16H33N9O7. The molecule has 0 rings (SSSR count). The highest BCUT2D eigenvalue weighted by atomic mass is 16.6. The Hall–Kier alpha value is -3.50. The Balaban J connectivity index is 0. The molecule has 2 unspecified atom stereocenters. The Bertz CT molecular complexity index is 677. The predicted molar refractivity (Wildman–Crippen MR) is 115 cm³/mol. The predicted octanol–water partition coefficient (Wildman–Crippen LogP) is -4.31. The van der Waals surface area contributed by atoms with Crippen molar-refractivity contribution >= 4 is 35.8 Å². The van der Waals surface area contributed by atoms with Gasteiger partial charge in [0.25, 0.3) is 0 Å². The van der Waals surface area contributed by atoms with Crippen molar-refractivity contribution in [1.82, 2.24) is 0 Å². The summed E-state index contributed by atoms with van der Waals surface area (Å²) in [4.78, 5) is 50.6. The summed E-state index contributed by atoms with van der Waals surface area (Å²) in [5, 5.41) is 16.8. The highest BCUT2D eigenvalue weighted by Crippen LogP contribution is 2.00. The lowest BCUT2D eigenvalue weighted by Crippen LogP contribution is -2.40. The number of carboxylic acid groups (broad SMARTS) is 2. The normalized spacial score (nSPS) is 12.7. The number of nitrogens with zero attached hydrogens (tertiary/aromatic N) is 2. The van der Waals surface area contributed by atoms with Gasteiger partial charge in [0.2, 0.25) is 0 Å². The average molecular weight is 463 g/mol. The van der Waals surface area contributed by atoms with Crippen LogP contribution in [0.15, 0.2) is 9.98 Å². The van der Waals surface area contributed by atoms with E-state index in [1.165, 1.54) is 0 Å². The van der Waals surface area contributed by atoms with Crippen LogP contribution in [-0.4, -0.2) is 77.2 Å². The number of ether oxygens (including phenoxy) is 1. The first-order chi connectivity index (χ1) is 14.8. The van der Waals surface area contributed by atoms with E-state index in [4.69, 9.17) is 50.3 Å². The van der Waals surface area contributed by atoms with Crippen LogP contribution in [0.3, 0.4) is 0 Å². The van der Waals surface area contributed by atoms with Crippen LogP contribution in [-0.2, 0) is 23.9 Å². The number of guanidine groups is 2. The molecule has 0 aliphatic heterocycles. The molecule has 0 aromatic carbocycles. The summed E-state index contributed by atoms with van der Waals surface area (Å²) in [5.41, 5.74) is 36.3. The van der Waals surface area contributed by atoms with Crippen LogP contribution in [0.4, 0.5) is 0 Å². The van der Waals surface area contributed by atoms with Crippen molar-refractivity contribution in [1.29, 1.82) is 0 Å². The lowest BCUT2D eigenvalue weighted by molar-refractivity contribution is -0.163. The molecule has 0 aromatic rings. The Morgan fingerprint density at radius 1 is 0.719 bits per heavy atom. The van der Waals surface area contributed by atoms with Gasteiger partial charge in [-0.3, -0.25) is 19.6 Å². The van der Waals surface area contributed by atoms with E-state index in [0.29, 0.717) is 25.8 Å². The minimum absolute atomic E-state index is 0.0129. The molecule has 16 nitrogen and oxygen atoms in total. The first kappa shape index (κ1) is 30.7. The highest BCUT2D eigenvalue weighted by molar-refractivity contribution is 5.92. The number of carbonyl (C=O) groups is 4. The van der Waals surface area contributed by atoms with Crippen LogP contribution in [0.1, 0.15) is 32.1 Å². The van der Waals surface area contributed by atoms with E-state index in [1.54, 1.807) is 0 Å². The van der Waals surface area contributed by atoms with Crippen LogP contribution in [0.25, 0.3) is 0 Å². The van der Waals surface area contributed by atoms with Gasteiger partial charge in [-0.15, -0.1) is 0 Å². The third kappa shape index (κ3) is 18.5. The number of hydrogen-bond acceptors (Lipinski definition) is 10. The molecule has 0 bridgehead atoms. The molecule has 16 N–H and O–H groups in total. The monoisotopic (exact) mass is 463 g/mol. The second kappa shape index (κ2) is 17.2. The minimum atomic E-state index is -1.41. The van der Waals surface area contributed by atoms with Crippen LogP contribution in [0.5, 0.6) is 0 Å². The third-order valence-corrected chi connectivity index (χ3v) is 3.45. The molecule has 0 aliphatic carbocycles. The topological polar surface area (TPSA) is 325 Å². The van der Waals surface area contributed by atoms with Crippen molar-refractivity contribution in [2.24, 2.45) is 50.1 Å². The molecule has 32 heavy (non-hydrogen) atoms. The number of nitrogens with two attached hydrogens (primary N) is 7. The molecule has 0 heterocycles. The van der Waals surface area contributed by atoms with Gasteiger partial charge in [-0.2, -0.15) is 0 Å². The van der Waals surface area contributed by atoms with Gasteiger partial charge in [0.1, 0.15) is 18.1 Å². The van der Waals surface area contributed by atoms with Crippen molar-refractivity contribution in [3.05, 3.63) is 0 Å². The van der Waals surface area contributed by atoms with E-state index in [2.05, 4.69) is 14.7 Å². The fraction of sp³-hybridized carbons (Fsp3) is 0.625. The van der Waals surface area contributed by atoms with Crippen LogP contribution in [0.2, 0.25) is 0 Å². The standard InChI is InChI=1S/C10H19N5O5.C6H14N4O2/c11-5(2-1-3-15-10(13)14)8(18)20-9(19)6(12)4-7(16)17;7-4(5(11)12)2-1-3-10-6(8)9/h5-6H,1-4,11-12H2,(H,16,17)(H4,13,14,15);4H,1-3,7H2,(H,11,12)(H4,8,9,10)/t;4-/m.1/s1. The number of rotatable bonds is 13. The van der Waals surface area contributed by atoms with E-state index in [9.17, 15) is 19.2 Å². The van der Waals surface area contributed by atoms with Gasteiger partial charge in [0.15, 0.2) is 11.9 Å². The van der Waals surface area contributed by atoms with Crippen LogP contribution < -0.4 is 40.1 Å². The van der Waals surface area contributed by atoms with Gasteiger partial charge < -0.3 is 55.1 Å². The van der Waals surface area contributed by atoms with E-state index < -0.39 is 48.4 Å². The molecule has 0 radical (unpaired) electrons. The number of esters is 2. The first-order valence-electron chi connectivity index (χ1n) is 9.35. The Morgan fingerprint density at radius 3 is 1.50 bits per heavy atom. The number of carboxylic acids is 2. The summed E-state index contributed by atoms with van der Waals surface area (Å²) in [6.45, 7) is 0.707. The van der Waals surface area contributed by atoms with Crippen molar-refractivity contribution in [3.8, 4) is 0 Å². The summed E-state index contributed by atoms with van der Waals surface area (Å²) >= 11 is 0. The molecule has 16 heteroatoms. The van der Waals surface area contributed by atoms with Gasteiger partial charge in [0, 0.05) is 13.1 Å². The van der Waals surface area contributed by atoms with E-state index in [1.807, 2.05) is 0 Å². The molecule has 0 spiro atoms. The average Bonchev–Trinajstić information content (AvgIpc) is 2.67. The second-order valence-corrected chi connectivity index (χ2v) is 6.39. The second-order valence-electron chi connectivity index (χ2n) is 6.39. The van der Waals surface area contributed by atoms with Gasteiger partial charge in [-0.25, -0.2) is 9.59 Å². The summed E-state index contributed by atoms with van der Waals surface area (Å²) in [6.07, 6.45) is 0.948. The number of aliphatic imine (C=N–C) groups is 2. The quantitative estimate of drug-likeness (QED) is 0.0410. The smallest absolute Gasteiger partial charge is 0.331 e. The zero-order valence-electron chi connectivity index (χ0n) is 17.6. The van der Waals surface area contributed by atoms with Crippen molar-refractivity contribution in [2.75, 3.05) is 13.1 Å². The van der Waals surface area contributed by atoms with Crippen molar-refractivity contribution in [3.63, 3.8) is 0 Å². The molecular weight excluding hydrogens is 430 g/mol. The molecule has 0 saturated heterocycles. The largest absolute Gasteiger partial charge is 0.481 e. The number of carbonyl (C=O) groups excluding carboxylic acids is 2. The number of hydrogen-bond donors (Lipinski definition) is 9. The van der Waals surface area contributed by atoms with Crippen LogP contribution in [0, 0.1) is 0 Å². The van der Waals surface area contributed by atoms with Crippen LogP contribution >= 0.6 is 0 Å². The maximum absolute atomic E-state index is 11.4. The SMILES string of the molecule is NC(N)=NCCCC(N)C(=O)OC(=O)C(N)CC(=O)O.NC(N)=NCCC[C@@H](N)C(=O)O.